The zero-order chi connectivity index (χ0) is 16.9. The number of rotatable bonds is 6. The molecule has 0 saturated carbocycles. The summed E-state index contributed by atoms with van der Waals surface area (Å²) in [6, 6.07) is 12.7. The average molecular weight is 373 g/mol. The van der Waals surface area contributed by atoms with Crippen molar-refractivity contribution >= 4 is 39.1 Å². The summed E-state index contributed by atoms with van der Waals surface area (Å²) in [6.07, 6.45) is 0. The van der Waals surface area contributed by atoms with E-state index in [9.17, 15) is 13.2 Å². The van der Waals surface area contributed by atoms with Crippen LogP contribution in [0.1, 0.15) is 5.56 Å². The summed E-state index contributed by atoms with van der Waals surface area (Å²) < 4.78 is 26.3. The van der Waals surface area contributed by atoms with Gasteiger partial charge in [0.1, 0.15) is 0 Å². The number of carbonyl (C=O) groups excluding carboxylic acids is 1. The zero-order valence-electron chi connectivity index (χ0n) is 11.9. The Morgan fingerprint density at radius 1 is 1.00 bits per heavy atom. The van der Waals surface area contributed by atoms with Crippen molar-refractivity contribution in [1.82, 2.24) is 10.0 Å². The molecule has 0 aliphatic rings. The second kappa shape index (κ2) is 7.79. The van der Waals surface area contributed by atoms with E-state index in [2.05, 4.69) is 10.0 Å². The molecule has 1 amide bonds. The van der Waals surface area contributed by atoms with E-state index in [-0.39, 0.29) is 18.0 Å². The van der Waals surface area contributed by atoms with E-state index in [0.29, 0.717) is 10.0 Å². The Balaban J connectivity index is 1.89. The van der Waals surface area contributed by atoms with Crippen molar-refractivity contribution in [2.75, 3.05) is 6.54 Å². The second-order valence-corrected chi connectivity index (χ2v) is 7.26. The number of amides is 1. The Bertz CT molecular complexity index is 793. The largest absolute Gasteiger partial charge is 0.351 e. The number of carbonyl (C=O) groups is 1. The molecular weight excluding hydrogens is 359 g/mol. The van der Waals surface area contributed by atoms with Crippen LogP contribution in [0, 0.1) is 0 Å². The van der Waals surface area contributed by atoms with Crippen LogP contribution in [0.2, 0.25) is 10.0 Å². The van der Waals surface area contributed by atoms with Crippen LogP contribution in [0.15, 0.2) is 53.4 Å². The lowest BCUT2D eigenvalue weighted by molar-refractivity contribution is -0.120. The van der Waals surface area contributed by atoms with Gasteiger partial charge in [0.2, 0.25) is 15.9 Å². The Labute approximate surface area is 144 Å². The fourth-order valence-electron chi connectivity index (χ4n) is 1.76. The van der Waals surface area contributed by atoms with Crippen molar-refractivity contribution in [2.45, 2.75) is 11.4 Å². The van der Waals surface area contributed by atoms with Gasteiger partial charge in [-0.05, 0) is 35.9 Å². The van der Waals surface area contributed by atoms with Crippen LogP contribution in [-0.2, 0) is 21.4 Å². The predicted molar refractivity (Wildman–Crippen MR) is 89.9 cm³/mol. The Kier molecular flexibility index (Phi) is 6.01. The number of hydrogen-bond acceptors (Lipinski definition) is 3. The van der Waals surface area contributed by atoms with Crippen LogP contribution in [-0.4, -0.2) is 20.9 Å². The molecule has 0 heterocycles. The minimum Gasteiger partial charge on any atom is -0.351 e. The maximum absolute atomic E-state index is 12.0. The van der Waals surface area contributed by atoms with E-state index in [1.165, 1.54) is 24.3 Å². The minimum atomic E-state index is -3.76. The summed E-state index contributed by atoms with van der Waals surface area (Å²) in [5.74, 6) is -0.456. The molecule has 2 aromatic carbocycles. The molecule has 0 aliphatic heterocycles. The van der Waals surface area contributed by atoms with Gasteiger partial charge in [-0.15, -0.1) is 0 Å². The second-order valence-electron chi connectivity index (χ2n) is 4.65. The Hall–Kier alpha value is -1.60. The molecule has 2 aromatic rings. The summed E-state index contributed by atoms with van der Waals surface area (Å²) in [5.41, 5.74) is 0.753. The fraction of sp³-hybridized carbons (Fsp3) is 0.133. The van der Waals surface area contributed by atoms with Crippen LogP contribution in [0.25, 0.3) is 0 Å². The molecule has 0 fully saturated rings. The van der Waals surface area contributed by atoms with Crippen molar-refractivity contribution in [3.63, 3.8) is 0 Å². The van der Waals surface area contributed by atoms with Gasteiger partial charge in [0.05, 0.1) is 11.4 Å². The van der Waals surface area contributed by atoms with Crippen molar-refractivity contribution < 1.29 is 13.2 Å². The summed E-state index contributed by atoms with van der Waals surface area (Å²) in [6.45, 7) is -0.142. The molecule has 0 spiro atoms. The van der Waals surface area contributed by atoms with E-state index < -0.39 is 15.9 Å². The first-order chi connectivity index (χ1) is 10.9. The third-order valence-electron chi connectivity index (χ3n) is 2.98. The zero-order valence-corrected chi connectivity index (χ0v) is 14.3. The highest BCUT2D eigenvalue weighted by Gasteiger charge is 2.15. The van der Waals surface area contributed by atoms with E-state index >= 15 is 0 Å². The highest BCUT2D eigenvalue weighted by molar-refractivity contribution is 7.89. The van der Waals surface area contributed by atoms with Gasteiger partial charge < -0.3 is 5.32 Å². The maximum Gasteiger partial charge on any atom is 0.241 e. The van der Waals surface area contributed by atoms with Crippen LogP contribution in [0.5, 0.6) is 0 Å². The topological polar surface area (TPSA) is 75.3 Å². The van der Waals surface area contributed by atoms with E-state index in [0.717, 1.165) is 5.56 Å². The smallest absolute Gasteiger partial charge is 0.241 e. The fourth-order valence-corrected chi connectivity index (χ4v) is 3.07. The average Bonchev–Trinajstić information content (AvgIpc) is 2.53. The molecule has 2 rings (SSSR count). The maximum atomic E-state index is 12.0. The lowest BCUT2D eigenvalue weighted by Crippen LogP contribution is -2.36. The minimum absolute atomic E-state index is 0.0424. The lowest BCUT2D eigenvalue weighted by atomic mass is 10.2. The molecule has 122 valence electrons. The van der Waals surface area contributed by atoms with Crippen molar-refractivity contribution in [3.05, 3.63) is 64.1 Å². The molecular formula is C15H14Cl2N2O3S. The van der Waals surface area contributed by atoms with E-state index in [1.54, 1.807) is 24.3 Å². The Morgan fingerprint density at radius 3 is 2.30 bits per heavy atom. The standard InChI is InChI=1S/C15H14Cl2N2O3S/c16-12-5-7-13(8-6-12)23(21,22)19-10-15(20)18-9-11-3-1-2-4-14(11)17/h1-8,19H,9-10H2,(H,18,20). The first-order valence-electron chi connectivity index (χ1n) is 6.64. The number of hydrogen-bond donors (Lipinski definition) is 2. The molecule has 0 bridgehead atoms. The van der Waals surface area contributed by atoms with Crippen molar-refractivity contribution in [1.29, 1.82) is 0 Å². The van der Waals surface area contributed by atoms with Gasteiger partial charge in [-0.25, -0.2) is 13.1 Å². The normalized spacial score (nSPS) is 11.2. The van der Waals surface area contributed by atoms with Gasteiger partial charge in [0.25, 0.3) is 0 Å². The number of benzene rings is 2. The van der Waals surface area contributed by atoms with Gasteiger partial charge in [-0.3, -0.25) is 4.79 Å². The molecule has 0 aromatic heterocycles. The molecule has 0 unspecified atom stereocenters. The van der Waals surface area contributed by atoms with E-state index in [4.69, 9.17) is 23.2 Å². The highest BCUT2D eigenvalue weighted by Crippen LogP contribution is 2.15. The quantitative estimate of drug-likeness (QED) is 0.817. The van der Waals surface area contributed by atoms with Crippen LogP contribution >= 0.6 is 23.2 Å². The monoisotopic (exact) mass is 372 g/mol. The molecule has 0 saturated heterocycles. The molecule has 5 nitrogen and oxygen atoms in total. The SMILES string of the molecule is O=C(CNS(=O)(=O)c1ccc(Cl)cc1)NCc1ccccc1Cl. The third-order valence-corrected chi connectivity index (χ3v) is 5.02. The summed E-state index contributed by atoms with van der Waals surface area (Å²) in [7, 11) is -3.76. The van der Waals surface area contributed by atoms with Gasteiger partial charge in [0.15, 0.2) is 0 Å². The van der Waals surface area contributed by atoms with Gasteiger partial charge in [-0.2, -0.15) is 0 Å². The highest BCUT2D eigenvalue weighted by atomic mass is 35.5. The van der Waals surface area contributed by atoms with Crippen LogP contribution < -0.4 is 10.0 Å². The summed E-state index contributed by atoms with van der Waals surface area (Å²) in [4.78, 5) is 11.8. The first kappa shape index (κ1) is 17.7. The number of sulfonamides is 1. The predicted octanol–water partition coefficient (Wildman–Crippen LogP) is 2.59. The van der Waals surface area contributed by atoms with Crippen LogP contribution in [0.4, 0.5) is 0 Å². The molecule has 23 heavy (non-hydrogen) atoms. The summed E-state index contributed by atoms with van der Waals surface area (Å²) in [5, 5.41) is 3.57. The number of halogens is 2. The van der Waals surface area contributed by atoms with Gasteiger partial charge >= 0.3 is 0 Å². The molecule has 0 aliphatic carbocycles. The van der Waals surface area contributed by atoms with E-state index in [1.807, 2.05) is 0 Å². The van der Waals surface area contributed by atoms with Gasteiger partial charge in [-0.1, -0.05) is 41.4 Å². The van der Waals surface area contributed by atoms with Gasteiger partial charge in [0, 0.05) is 16.6 Å². The van der Waals surface area contributed by atoms with Crippen LogP contribution in [0.3, 0.4) is 0 Å². The molecule has 8 heteroatoms. The third kappa shape index (κ3) is 5.21. The molecule has 2 N–H and O–H groups in total. The number of nitrogens with one attached hydrogen (secondary N) is 2. The Morgan fingerprint density at radius 2 is 1.65 bits per heavy atom. The lowest BCUT2D eigenvalue weighted by Gasteiger charge is -2.09. The molecule has 0 radical (unpaired) electrons. The summed E-state index contributed by atoms with van der Waals surface area (Å²) >= 11 is 11.7. The van der Waals surface area contributed by atoms with Crippen molar-refractivity contribution in [2.24, 2.45) is 0 Å². The van der Waals surface area contributed by atoms with Crippen molar-refractivity contribution in [3.8, 4) is 0 Å². The molecule has 0 atom stereocenters. The first-order valence-corrected chi connectivity index (χ1v) is 8.88.